The van der Waals surface area contributed by atoms with E-state index < -0.39 is 6.04 Å². The number of para-hydroxylation sites is 1. The maximum absolute atomic E-state index is 12.6. The van der Waals surface area contributed by atoms with Gasteiger partial charge in [-0.3, -0.25) is 10.1 Å². The number of ether oxygens (including phenoxy) is 1. The number of hydrogen-bond donors (Lipinski definition) is 4. The Morgan fingerprint density at radius 2 is 1.92 bits per heavy atom. The number of esters is 1. The van der Waals surface area contributed by atoms with E-state index in [2.05, 4.69) is 55.3 Å². The summed E-state index contributed by atoms with van der Waals surface area (Å²) in [5, 5.41) is 4.45. The van der Waals surface area contributed by atoms with Crippen molar-refractivity contribution in [2.45, 2.75) is 26.4 Å². The first-order valence-electron chi connectivity index (χ1n) is 12.3. The fourth-order valence-electron chi connectivity index (χ4n) is 4.65. The highest BCUT2D eigenvalue weighted by molar-refractivity contribution is 5.95. The van der Waals surface area contributed by atoms with Gasteiger partial charge in [-0.1, -0.05) is 24.3 Å². The Bertz CT molecular complexity index is 1540. The lowest BCUT2D eigenvalue weighted by Gasteiger charge is -2.27. The molecule has 5 aromatic rings. The van der Waals surface area contributed by atoms with Crippen molar-refractivity contribution in [3.63, 3.8) is 0 Å². The van der Waals surface area contributed by atoms with Crippen molar-refractivity contribution in [2.75, 3.05) is 30.8 Å². The summed E-state index contributed by atoms with van der Waals surface area (Å²) in [5.41, 5.74) is 12.5. The number of aryl methyl sites for hydroxylation is 1. The second-order valence-electron chi connectivity index (χ2n) is 9.05. The van der Waals surface area contributed by atoms with E-state index in [1.54, 1.807) is 0 Å². The predicted molar refractivity (Wildman–Crippen MR) is 147 cm³/mol. The number of aromatic amines is 2. The number of anilines is 2. The molecule has 5 rings (SSSR count). The van der Waals surface area contributed by atoms with Gasteiger partial charge in [-0.25, -0.2) is 9.97 Å². The summed E-state index contributed by atoms with van der Waals surface area (Å²) in [7, 11) is 1.42. The quantitative estimate of drug-likeness (QED) is 0.225. The van der Waals surface area contributed by atoms with Crippen molar-refractivity contribution < 1.29 is 9.53 Å². The van der Waals surface area contributed by atoms with Crippen molar-refractivity contribution in [3.05, 3.63) is 72.1 Å². The van der Waals surface area contributed by atoms with Gasteiger partial charge in [0.25, 0.3) is 0 Å². The van der Waals surface area contributed by atoms with Gasteiger partial charge in [-0.05, 0) is 55.8 Å². The fraction of sp³-hybridized carbons (Fsp3) is 0.250. The number of aromatic nitrogens is 4. The predicted octanol–water partition coefficient (Wildman–Crippen LogP) is 4.15. The van der Waals surface area contributed by atoms with Crippen LogP contribution in [0.2, 0.25) is 0 Å². The zero-order valence-corrected chi connectivity index (χ0v) is 21.2. The van der Waals surface area contributed by atoms with Crippen molar-refractivity contribution in [1.82, 2.24) is 25.3 Å². The lowest BCUT2D eigenvalue weighted by Crippen LogP contribution is -2.46. The largest absolute Gasteiger partial charge is 0.468 e. The summed E-state index contributed by atoms with van der Waals surface area (Å²) < 4.78 is 5.09. The van der Waals surface area contributed by atoms with Crippen LogP contribution in [0.3, 0.4) is 0 Å². The van der Waals surface area contributed by atoms with Crippen LogP contribution in [0, 0.1) is 6.92 Å². The third-order valence-corrected chi connectivity index (χ3v) is 6.52. The van der Waals surface area contributed by atoms with Crippen molar-refractivity contribution in [1.29, 1.82) is 0 Å². The molecule has 0 fully saturated rings. The van der Waals surface area contributed by atoms with Crippen LogP contribution in [0.1, 0.15) is 18.3 Å². The molecular formula is C28H31N7O2. The van der Waals surface area contributed by atoms with Crippen molar-refractivity contribution in [3.8, 4) is 11.3 Å². The van der Waals surface area contributed by atoms with Gasteiger partial charge in [0.2, 0.25) is 0 Å². The van der Waals surface area contributed by atoms with Gasteiger partial charge in [0, 0.05) is 47.5 Å². The van der Waals surface area contributed by atoms with Crippen LogP contribution in [0.15, 0.2) is 60.7 Å². The zero-order valence-electron chi connectivity index (χ0n) is 21.2. The number of pyridine rings is 1. The molecule has 3 heterocycles. The highest BCUT2D eigenvalue weighted by atomic mass is 16.5. The Balaban J connectivity index is 1.36. The van der Waals surface area contributed by atoms with Gasteiger partial charge in [0.1, 0.15) is 17.7 Å². The average molecular weight is 498 g/mol. The SMILES string of the molecule is CCN(C[C@H](NCc1ccc2[nH]c(-c3cc(N)nc4nc(C)[nH]c34)cc2c1)C(=O)OC)c1ccccc1. The number of H-pyrrole nitrogens is 2. The van der Waals surface area contributed by atoms with E-state index in [-0.39, 0.29) is 5.97 Å². The molecule has 0 spiro atoms. The second kappa shape index (κ2) is 10.3. The highest BCUT2D eigenvalue weighted by Gasteiger charge is 2.22. The molecule has 2 aromatic carbocycles. The first-order valence-corrected chi connectivity index (χ1v) is 12.3. The summed E-state index contributed by atoms with van der Waals surface area (Å²) in [6.07, 6.45) is 0. The van der Waals surface area contributed by atoms with Gasteiger partial charge in [-0.2, -0.15) is 0 Å². The number of nitrogen functional groups attached to an aromatic ring is 1. The lowest BCUT2D eigenvalue weighted by atomic mass is 10.1. The monoisotopic (exact) mass is 497 g/mol. The van der Waals surface area contributed by atoms with Gasteiger partial charge < -0.3 is 25.3 Å². The molecule has 190 valence electrons. The normalized spacial score (nSPS) is 12.2. The number of carbonyl (C=O) groups is 1. The second-order valence-corrected chi connectivity index (χ2v) is 9.05. The summed E-state index contributed by atoms with van der Waals surface area (Å²) in [6.45, 7) is 5.78. The molecule has 0 radical (unpaired) electrons. The minimum Gasteiger partial charge on any atom is -0.468 e. The first kappa shape index (κ1) is 24.3. The maximum Gasteiger partial charge on any atom is 0.324 e. The number of rotatable bonds is 9. The molecule has 37 heavy (non-hydrogen) atoms. The topological polar surface area (TPSA) is 125 Å². The minimum absolute atomic E-state index is 0.284. The van der Waals surface area contributed by atoms with E-state index in [9.17, 15) is 4.79 Å². The number of imidazole rings is 1. The third kappa shape index (κ3) is 5.12. The van der Waals surface area contributed by atoms with Gasteiger partial charge >= 0.3 is 5.97 Å². The van der Waals surface area contributed by atoms with Gasteiger partial charge in [0.05, 0.1) is 12.6 Å². The minimum atomic E-state index is -0.473. The summed E-state index contributed by atoms with van der Waals surface area (Å²) in [5.74, 6) is 0.921. The number of nitrogens with zero attached hydrogens (tertiary/aromatic N) is 3. The highest BCUT2D eigenvalue weighted by Crippen LogP contribution is 2.30. The Labute approximate surface area is 215 Å². The molecule has 0 bridgehead atoms. The van der Waals surface area contributed by atoms with E-state index >= 15 is 0 Å². The molecule has 5 N–H and O–H groups in total. The van der Waals surface area contributed by atoms with Crippen LogP contribution in [0.25, 0.3) is 33.3 Å². The lowest BCUT2D eigenvalue weighted by molar-refractivity contribution is -0.142. The van der Waals surface area contributed by atoms with Crippen LogP contribution in [-0.4, -0.2) is 52.1 Å². The summed E-state index contributed by atoms with van der Waals surface area (Å²) in [6, 6.07) is 19.8. The zero-order chi connectivity index (χ0) is 25.9. The molecule has 9 nitrogen and oxygen atoms in total. The molecule has 0 aliphatic heterocycles. The molecule has 0 amide bonds. The molecular weight excluding hydrogens is 466 g/mol. The average Bonchev–Trinajstić information content (AvgIpc) is 3.50. The van der Waals surface area contributed by atoms with E-state index in [0.29, 0.717) is 24.6 Å². The Morgan fingerprint density at radius 1 is 1.11 bits per heavy atom. The number of fused-ring (bicyclic) bond motifs is 2. The number of hydrogen-bond acceptors (Lipinski definition) is 7. The van der Waals surface area contributed by atoms with Gasteiger partial charge in [-0.15, -0.1) is 0 Å². The van der Waals surface area contributed by atoms with E-state index in [1.165, 1.54) is 7.11 Å². The Morgan fingerprint density at radius 3 is 2.68 bits per heavy atom. The number of benzene rings is 2. The van der Waals surface area contributed by atoms with Crippen LogP contribution in [0.4, 0.5) is 11.5 Å². The number of nitrogens with two attached hydrogens (primary N) is 1. The van der Waals surface area contributed by atoms with E-state index in [1.807, 2.05) is 49.4 Å². The molecule has 1 atom stereocenters. The van der Waals surface area contributed by atoms with Crippen LogP contribution < -0.4 is 16.0 Å². The van der Waals surface area contributed by atoms with Crippen molar-refractivity contribution in [2.24, 2.45) is 0 Å². The van der Waals surface area contributed by atoms with Gasteiger partial charge in [0.15, 0.2) is 5.65 Å². The number of likely N-dealkylation sites (N-methyl/N-ethyl adjacent to an activating group) is 1. The standard InChI is InChI=1S/C28H31N7O2/c1-4-35(20-8-6-5-7-9-20)16-24(28(36)37-3)30-15-18-10-11-22-19(12-18)13-23(33-22)21-14-25(29)34-27-26(21)31-17(2)32-27/h5-14,24,30,33H,4,15-16H2,1-3H3,(H3,29,31,32,34)/t24-/m0/s1. The molecule has 9 heteroatoms. The smallest absolute Gasteiger partial charge is 0.324 e. The Kier molecular flexibility index (Phi) is 6.78. The van der Waals surface area contributed by atoms with Crippen molar-refractivity contribution >= 4 is 39.5 Å². The van der Waals surface area contributed by atoms with E-state index in [0.717, 1.165) is 51.3 Å². The Hall–Kier alpha value is -4.37. The fourth-order valence-corrected chi connectivity index (χ4v) is 4.65. The summed E-state index contributed by atoms with van der Waals surface area (Å²) >= 11 is 0. The van der Waals surface area contributed by atoms with Crippen LogP contribution in [0.5, 0.6) is 0 Å². The number of methoxy groups -OCH3 is 1. The van der Waals surface area contributed by atoms with E-state index in [4.69, 9.17) is 10.5 Å². The van der Waals surface area contributed by atoms with Crippen LogP contribution >= 0.6 is 0 Å². The third-order valence-electron chi connectivity index (χ3n) is 6.52. The molecule has 3 aromatic heterocycles. The summed E-state index contributed by atoms with van der Waals surface area (Å²) in [4.78, 5) is 30.3. The molecule has 0 aliphatic rings. The first-order chi connectivity index (χ1) is 17.9. The number of carbonyl (C=O) groups excluding carboxylic acids is 1. The number of nitrogens with one attached hydrogen (secondary N) is 3. The molecule has 0 saturated carbocycles. The molecule has 0 aliphatic carbocycles. The molecule has 0 unspecified atom stereocenters. The molecule has 0 saturated heterocycles. The maximum atomic E-state index is 12.6. The van der Waals surface area contributed by atoms with Crippen LogP contribution in [-0.2, 0) is 16.1 Å².